The van der Waals surface area contributed by atoms with Gasteiger partial charge >= 0.3 is 0 Å². The maximum absolute atomic E-state index is 6.53. The lowest BCUT2D eigenvalue weighted by molar-refractivity contribution is 0.0516. The van der Waals surface area contributed by atoms with Crippen LogP contribution in [0.2, 0.25) is 0 Å². The van der Waals surface area contributed by atoms with E-state index in [0.29, 0.717) is 0 Å². The maximum atomic E-state index is 6.53. The Bertz CT molecular complexity index is 695. The Morgan fingerprint density at radius 2 is 1.57 bits per heavy atom. The summed E-state index contributed by atoms with van der Waals surface area (Å²) in [6.45, 7) is 14.0. The number of ether oxygens (including phenoxy) is 1. The molecule has 168 valence electrons. The summed E-state index contributed by atoms with van der Waals surface area (Å²) < 4.78 is 6.53. The smallest absolute Gasteiger partial charge is 0.126 e. The minimum atomic E-state index is -0.0277. The van der Waals surface area contributed by atoms with Gasteiger partial charge in [-0.25, -0.2) is 0 Å². The van der Waals surface area contributed by atoms with Crippen molar-refractivity contribution in [1.82, 2.24) is 0 Å². The van der Waals surface area contributed by atoms with E-state index < -0.39 is 0 Å². The Kier molecular flexibility index (Phi) is 9.80. The monoisotopic (exact) mass is 410 g/mol. The molecule has 1 heterocycles. The molecule has 1 aliphatic rings. The van der Waals surface area contributed by atoms with Gasteiger partial charge in [0, 0.05) is 5.56 Å². The summed E-state index contributed by atoms with van der Waals surface area (Å²) in [5, 5.41) is 0. The average molecular weight is 411 g/mol. The molecule has 0 saturated carbocycles. The fourth-order valence-electron chi connectivity index (χ4n) is 4.94. The number of hydrogen-bond donors (Lipinski definition) is 0. The van der Waals surface area contributed by atoms with Gasteiger partial charge in [0.2, 0.25) is 0 Å². The number of benzene rings is 1. The van der Waals surface area contributed by atoms with E-state index in [4.69, 9.17) is 11.2 Å². The van der Waals surface area contributed by atoms with E-state index in [9.17, 15) is 0 Å². The van der Waals surface area contributed by atoms with E-state index in [1.807, 2.05) is 0 Å². The highest BCUT2D eigenvalue weighted by atomic mass is 16.5. The van der Waals surface area contributed by atoms with Crippen molar-refractivity contribution in [3.05, 3.63) is 28.8 Å². The van der Waals surface area contributed by atoms with E-state index in [2.05, 4.69) is 59.6 Å². The van der Waals surface area contributed by atoms with Gasteiger partial charge in [0.25, 0.3) is 0 Å². The molecule has 0 N–H and O–H groups in total. The molecule has 0 unspecified atom stereocenters. The fraction of sp³-hybridized carbons (Fsp3) is 0.724. The number of terminal acetylenes is 1. The lowest BCUT2D eigenvalue weighted by atomic mass is 9.85. The molecule has 1 aromatic rings. The summed E-state index contributed by atoms with van der Waals surface area (Å²) in [5.41, 5.74) is 3.42. The highest BCUT2D eigenvalue weighted by Crippen LogP contribution is 2.39. The van der Waals surface area contributed by atoms with E-state index in [1.165, 1.54) is 62.5 Å². The number of aryl methyl sites for hydroxylation is 2. The van der Waals surface area contributed by atoms with Crippen LogP contribution in [0, 0.1) is 37.0 Å². The number of rotatable bonds is 12. The van der Waals surface area contributed by atoms with Crippen LogP contribution < -0.4 is 4.74 Å². The van der Waals surface area contributed by atoms with Crippen molar-refractivity contribution in [3.63, 3.8) is 0 Å². The van der Waals surface area contributed by atoms with Crippen LogP contribution in [-0.2, 0) is 6.42 Å². The van der Waals surface area contributed by atoms with Gasteiger partial charge in [0.05, 0.1) is 0 Å². The predicted octanol–water partition coefficient (Wildman–Crippen LogP) is 8.50. The predicted molar refractivity (Wildman–Crippen MR) is 131 cm³/mol. The molecular weight excluding hydrogens is 364 g/mol. The zero-order valence-corrected chi connectivity index (χ0v) is 20.7. The summed E-state index contributed by atoms with van der Waals surface area (Å²) in [5.74, 6) is 6.42. The fourth-order valence-corrected chi connectivity index (χ4v) is 4.94. The molecule has 1 aromatic carbocycles. The molecule has 0 aromatic heterocycles. The first-order valence-electron chi connectivity index (χ1n) is 12.5. The molecule has 30 heavy (non-hydrogen) atoms. The van der Waals surface area contributed by atoms with Gasteiger partial charge in [-0.15, -0.1) is 6.42 Å². The van der Waals surface area contributed by atoms with Crippen molar-refractivity contribution >= 4 is 0 Å². The topological polar surface area (TPSA) is 9.23 Å². The Morgan fingerprint density at radius 3 is 2.17 bits per heavy atom. The molecule has 1 nitrogen and oxygen atoms in total. The first-order valence-corrected chi connectivity index (χ1v) is 12.5. The maximum Gasteiger partial charge on any atom is 0.126 e. The van der Waals surface area contributed by atoms with E-state index >= 15 is 0 Å². The second kappa shape index (κ2) is 11.8. The second-order valence-corrected chi connectivity index (χ2v) is 10.8. The largest absolute Gasteiger partial charge is 0.487 e. The first-order chi connectivity index (χ1) is 14.2. The van der Waals surface area contributed by atoms with Crippen LogP contribution in [0.1, 0.15) is 116 Å². The molecule has 0 bridgehead atoms. The summed E-state index contributed by atoms with van der Waals surface area (Å²) in [6, 6.07) is 4.21. The molecule has 0 radical (unpaired) electrons. The summed E-state index contributed by atoms with van der Waals surface area (Å²) in [4.78, 5) is 0. The Hall–Kier alpha value is -1.42. The molecule has 1 heteroatoms. The Balaban J connectivity index is 1.68. The van der Waals surface area contributed by atoms with Crippen LogP contribution in [0.5, 0.6) is 5.75 Å². The quantitative estimate of drug-likeness (QED) is 0.314. The Labute approximate surface area is 187 Å². The third-order valence-corrected chi connectivity index (χ3v) is 7.06. The molecule has 1 aliphatic heterocycles. The van der Waals surface area contributed by atoms with Gasteiger partial charge in [-0.2, -0.15) is 0 Å². The average Bonchev–Trinajstić information content (AvgIpc) is 2.68. The van der Waals surface area contributed by atoms with Gasteiger partial charge in [0.15, 0.2) is 0 Å². The van der Waals surface area contributed by atoms with Crippen molar-refractivity contribution in [2.75, 3.05) is 0 Å². The zero-order chi connectivity index (χ0) is 22.1. The lowest BCUT2D eigenvalue weighted by Crippen LogP contribution is -2.36. The summed E-state index contributed by atoms with van der Waals surface area (Å²) in [7, 11) is 0. The zero-order valence-electron chi connectivity index (χ0n) is 20.7. The van der Waals surface area contributed by atoms with E-state index in [0.717, 1.165) is 48.3 Å². The van der Waals surface area contributed by atoms with Crippen molar-refractivity contribution in [3.8, 4) is 18.1 Å². The van der Waals surface area contributed by atoms with Crippen molar-refractivity contribution in [2.24, 2.45) is 17.8 Å². The van der Waals surface area contributed by atoms with E-state index in [-0.39, 0.29) is 5.60 Å². The minimum absolute atomic E-state index is 0.0277. The van der Waals surface area contributed by atoms with Crippen LogP contribution in [-0.4, -0.2) is 5.60 Å². The van der Waals surface area contributed by atoms with Crippen LogP contribution in [0.25, 0.3) is 0 Å². The van der Waals surface area contributed by atoms with E-state index in [1.54, 1.807) is 0 Å². The minimum Gasteiger partial charge on any atom is -0.487 e. The van der Waals surface area contributed by atoms with Gasteiger partial charge < -0.3 is 4.74 Å². The molecule has 3 atom stereocenters. The third-order valence-electron chi connectivity index (χ3n) is 7.06. The highest BCUT2D eigenvalue weighted by molar-refractivity contribution is 5.50. The van der Waals surface area contributed by atoms with Crippen LogP contribution >= 0.6 is 0 Å². The molecule has 0 fully saturated rings. The van der Waals surface area contributed by atoms with Gasteiger partial charge in [0.1, 0.15) is 11.4 Å². The first kappa shape index (κ1) is 24.8. The molecule has 0 spiro atoms. The number of hydrogen-bond acceptors (Lipinski definition) is 1. The lowest BCUT2D eigenvalue weighted by Gasteiger charge is -2.37. The second-order valence-electron chi connectivity index (χ2n) is 10.8. The number of fused-ring (bicyclic) bond motifs is 1. The van der Waals surface area contributed by atoms with Crippen molar-refractivity contribution < 1.29 is 4.74 Å². The molecular formula is C29H46O. The van der Waals surface area contributed by atoms with Crippen molar-refractivity contribution in [1.29, 1.82) is 0 Å². The third kappa shape index (κ3) is 8.02. The van der Waals surface area contributed by atoms with Crippen LogP contribution in [0.15, 0.2) is 12.1 Å². The standard InChI is InChI=1S/C29H46O/c1-8-26-20-25(6)28-27(21-26)17-19-29(7,30-28)18-11-16-24(5)15-10-14-23(4)13-9-12-22(2)3/h1,20-24H,9-19H2,2-7H3/t23-,24-,29-/m1/s1. The van der Waals surface area contributed by atoms with Gasteiger partial charge in [-0.1, -0.05) is 78.6 Å². The molecule has 0 amide bonds. The normalized spacial score (nSPS) is 20.3. The van der Waals surface area contributed by atoms with Gasteiger partial charge in [-0.05, 0) is 80.5 Å². The Morgan fingerprint density at radius 1 is 0.967 bits per heavy atom. The molecule has 0 saturated heterocycles. The van der Waals surface area contributed by atoms with Crippen molar-refractivity contribution in [2.45, 2.75) is 118 Å². The summed E-state index contributed by atoms with van der Waals surface area (Å²) >= 11 is 0. The summed E-state index contributed by atoms with van der Waals surface area (Å²) in [6.07, 6.45) is 19.9. The molecule has 0 aliphatic carbocycles. The molecule has 2 rings (SSSR count). The van der Waals surface area contributed by atoms with Crippen LogP contribution in [0.3, 0.4) is 0 Å². The van der Waals surface area contributed by atoms with Crippen LogP contribution in [0.4, 0.5) is 0 Å². The highest BCUT2D eigenvalue weighted by Gasteiger charge is 2.32. The van der Waals surface area contributed by atoms with Gasteiger partial charge in [-0.3, -0.25) is 0 Å². The SMILES string of the molecule is C#Cc1cc(C)c2c(c1)CC[C@@](C)(CCC[C@H](C)CCC[C@H](C)CCCC(C)C)O2.